The van der Waals surface area contributed by atoms with E-state index < -0.39 is 0 Å². The molecule has 0 saturated heterocycles. The zero-order valence-electron chi connectivity index (χ0n) is 9.59. The molecule has 0 N–H and O–H groups in total. The summed E-state index contributed by atoms with van der Waals surface area (Å²) in [6, 6.07) is 4.24. The summed E-state index contributed by atoms with van der Waals surface area (Å²) >= 11 is 0. The number of hydrogen-bond donors (Lipinski definition) is 0. The van der Waals surface area contributed by atoms with Gasteiger partial charge < -0.3 is 4.42 Å². The fourth-order valence-corrected chi connectivity index (χ4v) is 1.65. The van der Waals surface area contributed by atoms with Gasteiger partial charge in [0.25, 0.3) is 0 Å². The van der Waals surface area contributed by atoms with Gasteiger partial charge in [0.1, 0.15) is 5.76 Å². The molecule has 0 aliphatic carbocycles. The van der Waals surface area contributed by atoms with Crippen LogP contribution in [0.4, 0.5) is 0 Å². The van der Waals surface area contributed by atoms with Gasteiger partial charge in [0, 0.05) is 5.56 Å². The predicted molar refractivity (Wildman–Crippen MR) is 60.9 cm³/mol. The number of aromatic nitrogens is 1. The lowest BCUT2D eigenvalue weighted by molar-refractivity contribution is 0.542. The first-order valence-electron chi connectivity index (χ1n) is 5.08. The van der Waals surface area contributed by atoms with Gasteiger partial charge in [-0.25, -0.2) is 4.98 Å². The second kappa shape index (κ2) is 3.54. The van der Waals surface area contributed by atoms with Crippen LogP contribution >= 0.6 is 0 Å². The summed E-state index contributed by atoms with van der Waals surface area (Å²) in [7, 11) is 0. The predicted octanol–water partition coefficient (Wildman–Crippen LogP) is 3.58. The lowest BCUT2D eigenvalue weighted by Crippen LogP contribution is -1.88. The van der Waals surface area contributed by atoms with E-state index in [-0.39, 0.29) is 0 Å². The van der Waals surface area contributed by atoms with Crippen LogP contribution in [0.2, 0.25) is 0 Å². The molecule has 15 heavy (non-hydrogen) atoms. The molecule has 0 aliphatic heterocycles. The Morgan fingerprint density at radius 2 is 1.60 bits per heavy atom. The normalized spacial score (nSPS) is 10.7. The monoisotopic (exact) mass is 201 g/mol. The Bertz CT molecular complexity index is 474. The molecular formula is C13H15NO. The van der Waals surface area contributed by atoms with E-state index in [4.69, 9.17) is 4.42 Å². The van der Waals surface area contributed by atoms with E-state index in [0.717, 1.165) is 11.3 Å². The van der Waals surface area contributed by atoms with Crippen molar-refractivity contribution in [2.24, 2.45) is 0 Å². The van der Waals surface area contributed by atoms with E-state index in [2.05, 4.69) is 37.9 Å². The molecule has 2 rings (SSSR count). The van der Waals surface area contributed by atoms with Gasteiger partial charge in [-0.1, -0.05) is 0 Å². The lowest BCUT2D eigenvalue weighted by atomic mass is 10.0. The second-order valence-electron chi connectivity index (χ2n) is 4.01. The van der Waals surface area contributed by atoms with Crippen molar-refractivity contribution in [3.63, 3.8) is 0 Å². The Hall–Kier alpha value is -1.57. The number of oxazole rings is 1. The average molecular weight is 201 g/mol. The number of rotatable bonds is 1. The molecular weight excluding hydrogens is 186 g/mol. The second-order valence-corrected chi connectivity index (χ2v) is 4.01. The molecule has 1 heterocycles. The van der Waals surface area contributed by atoms with Crippen LogP contribution in [0.1, 0.15) is 22.5 Å². The first kappa shape index (κ1) is 9.97. The fraction of sp³-hybridized carbons (Fsp3) is 0.308. The van der Waals surface area contributed by atoms with Gasteiger partial charge in [0.2, 0.25) is 5.89 Å². The lowest BCUT2D eigenvalue weighted by Gasteiger charge is -2.06. The van der Waals surface area contributed by atoms with Gasteiger partial charge in [0.15, 0.2) is 0 Å². The van der Waals surface area contributed by atoms with E-state index in [0.29, 0.717) is 5.89 Å². The number of nitrogens with zero attached hydrogens (tertiary/aromatic N) is 1. The van der Waals surface area contributed by atoms with Crippen LogP contribution in [0.25, 0.3) is 11.5 Å². The van der Waals surface area contributed by atoms with Crippen LogP contribution in [0.3, 0.4) is 0 Å². The van der Waals surface area contributed by atoms with Crippen LogP contribution in [0.5, 0.6) is 0 Å². The highest BCUT2D eigenvalue weighted by Crippen LogP contribution is 2.24. The van der Waals surface area contributed by atoms with Crippen molar-refractivity contribution in [2.75, 3.05) is 0 Å². The molecule has 0 amide bonds. The molecule has 0 saturated carbocycles. The maximum absolute atomic E-state index is 5.51. The van der Waals surface area contributed by atoms with E-state index >= 15 is 0 Å². The van der Waals surface area contributed by atoms with Gasteiger partial charge in [-0.05, 0) is 56.5 Å². The molecule has 78 valence electrons. The minimum atomic E-state index is 0.707. The minimum absolute atomic E-state index is 0.707. The zero-order valence-corrected chi connectivity index (χ0v) is 9.59. The highest BCUT2D eigenvalue weighted by molar-refractivity contribution is 5.58. The number of aryl methyl sites for hydroxylation is 3. The summed E-state index contributed by atoms with van der Waals surface area (Å²) in [6.07, 6.45) is 1.75. The van der Waals surface area contributed by atoms with Gasteiger partial charge in [-0.15, -0.1) is 0 Å². The summed E-state index contributed by atoms with van der Waals surface area (Å²) in [6.45, 7) is 8.27. The van der Waals surface area contributed by atoms with Crippen LogP contribution in [0, 0.1) is 27.7 Å². The largest absolute Gasteiger partial charge is 0.441 e. The van der Waals surface area contributed by atoms with Crippen LogP contribution in [-0.2, 0) is 0 Å². The Balaban J connectivity index is 2.55. The van der Waals surface area contributed by atoms with E-state index in [1.165, 1.54) is 16.7 Å². The standard InChI is InChI=1S/C13H15NO/c1-8-5-12(6-9(2)11(8)4)13-14-7-10(3)15-13/h5-7H,1-4H3. The third kappa shape index (κ3) is 1.80. The molecule has 2 aromatic rings. The van der Waals surface area contributed by atoms with Gasteiger partial charge >= 0.3 is 0 Å². The van der Waals surface area contributed by atoms with Crippen LogP contribution in [-0.4, -0.2) is 4.98 Å². The first-order chi connectivity index (χ1) is 7.08. The third-order valence-corrected chi connectivity index (χ3v) is 2.80. The van der Waals surface area contributed by atoms with E-state index in [1.807, 2.05) is 6.92 Å². The Morgan fingerprint density at radius 3 is 2.07 bits per heavy atom. The number of benzene rings is 1. The summed E-state index contributed by atoms with van der Waals surface area (Å²) in [5.74, 6) is 1.56. The molecule has 2 nitrogen and oxygen atoms in total. The van der Waals surface area contributed by atoms with Crippen LogP contribution < -0.4 is 0 Å². The molecule has 0 unspecified atom stereocenters. The molecule has 1 aromatic carbocycles. The zero-order chi connectivity index (χ0) is 11.0. The Labute approximate surface area is 90.0 Å². The molecule has 0 radical (unpaired) electrons. The van der Waals surface area contributed by atoms with Crippen molar-refractivity contribution in [3.05, 3.63) is 40.8 Å². The van der Waals surface area contributed by atoms with Crippen LogP contribution in [0.15, 0.2) is 22.7 Å². The maximum Gasteiger partial charge on any atom is 0.226 e. The van der Waals surface area contributed by atoms with E-state index in [9.17, 15) is 0 Å². The summed E-state index contributed by atoms with van der Waals surface area (Å²) < 4.78 is 5.51. The first-order valence-corrected chi connectivity index (χ1v) is 5.08. The molecule has 2 heteroatoms. The summed E-state index contributed by atoms with van der Waals surface area (Å²) in [5.41, 5.74) is 4.95. The highest BCUT2D eigenvalue weighted by Gasteiger charge is 2.07. The number of hydrogen-bond acceptors (Lipinski definition) is 2. The minimum Gasteiger partial charge on any atom is -0.441 e. The van der Waals surface area contributed by atoms with Crippen molar-refractivity contribution in [3.8, 4) is 11.5 Å². The van der Waals surface area contributed by atoms with Crippen molar-refractivity contribution in [1.82, 2.24) is 4.98 Å². The SMILES string of the molecule is Cc1cnc(-c2cc(C)c(C)c(C)c2)o1. The smallest absolute Gasteiger partial charge is 0.226 e. The summed E-state index contributed by atoms with van der Waals surface area (Å²) in [5, 5.41) is 0. The third-order valence-electron chi connectivity index (χ3n) is 2.80. The van der Waals surface area contributed by atoms with Gasteiger partial charge in [-0.3, -0.25) is 0 Å². The van der Waals surface area contributed by atoms with E-state index in [1.54, 1.807) is 6.20 Å². The molecule has 0 fully saturated rings. The van der Waals surface area contributed by atoms with Crippen molar-refractivity contribution in [2.45, 2.75) is 27.7 Å². The Kier molecular flexibility index (Phi) is 2.35. The van der Waals surface area contributed by atoms with Gasteiger partial charge in [0.05, 0.1) is 6.20 Å². The quantitative estimate of drug-likeness (QED) is 0.704. The van der Waals surface area contributed by atoms with Gasteiger partial charge in [-0.2, -0.15) is 0 Å². The molecule has 0 spiro atoms. The van der Waals surface area contributed by atoms with Crippen molar-refractivity contribution in [1.29, 1.82) is 0 Å². The Morgan fingerprint density at radius 1 is 1.00 bits per heavy atom. The summed E-state index contributed by atoms with van der Waals surface area (Å²) in [4.78, 5) is 4.23. The van der Waals surface area contributed by atoms with Crippen molar-refractivity contribution >= 4 is 0 Å². The average Bonchev–Trinajstić information content (AvgIpc) is 2.60. The molecule has 1 aromatic heterocycles. The fourth-order valence-electron chi connectivity index (χ4n) is 1.65. The molecule has 0 aliphatic rings. The maximum atomic E-state index is 5.51. The topological polar surface area (TPSA) is 26.0 Å². The molecule has 0 atom stereocenters. The van der Waals surface area contributed by atoms with Crippen molar-refractivity contribution < 1.29 is 4.42 Å². The highest BCUT2D eigenvalue weighted by atomic mass is 16.4. The molecule has 0 bridgehead atoms.